The lowest BCUT2D eigenvalue weighted by Crippen LogP contribution is -2.22. The van der Waals surface area contributed by atoms with Crippen molar-refractivity contribution in [1.29, 1.82) is 0 Å². The van der Waals surface area contributed by atoms with Crippen LogP contribution in [0.4, 0.5) is 17.1 Å². The summed E-state index contributed by atoms with van der Waals surface area (Å²) in [6.45, 7) is 2.93. The number of halogens is 1. The maximum atomic E-state index is 12.3. The van der Waals surface area contributed by atoms with E-state index < -0.39 is 0 Å². The molecule has 2 rings (SSSR count). The van der Waals surface area contributed by atoms with Crippen molar-refractivity contribution in [1.82, 2.24) is 0 Å². The third kappa shape index (κ3) is 8.01. The van der Waals surface area contributed by atoms with Gasteiger partial charge in [0.05, 0.1) is 23.9 Å². The third-order valence-electron chi connectivity index (χ3n) is 3.84. The Balaban J connectivity index is 1.90. The topological polar surface area (TPSA) is 88.7 Å². The maximum absolute atomic E-state index is 12.3. The van der Waals surface area contributed by atoms with Crippen LogP contribution in [-0.2, 0) is 14.3 Å². The Morgan fingerprint density at radius 2 is 1.83 bits per heavy atom. The molecule has 0 aliphatic rings. The maximum Gasteiger partial charge on any atom is 0.243 e. The van der Waals surface area contributed by atoms with Gasteiger partial charge in [-0.1, -0.05) is 24.6 Å². The second kappa shape index (κ2) is 11.9. The molecule has 8 heteroatoms. The Morgan fingerprint density at radius 3 is 2.59 bits per heavy atom. The second-order valence-electron chi connectivity index (χ2n) is 6.26. The Morgan fingerprint density at radius 1 is 1.00 bits per heavy atom. The monoisotopic (exact) mass is 419 g/mol. The highest BCUT2D eigenvalue weighted by Crippen LogP contribution is 2.26. The largest absolute Gasteiger partial charge is 0.491 e. The van der Waals surface area contributed by atoms with Gasteiger partial charge in [0.2, 0.25) is 11.8 Å². The molecule has 0 radical (unpaired) electrons. The summed E-state index contributed by atoms with van der Waals surface area (Å²) in [5.74, 6) is 0.335. The lowest BCUT2D eigenvalue weighted by atomic mass is 10.2. The molecule has 0 aromatic heterocycles. The quantitative estimate of drug-likeness (QED) is 0.476. The summed E-state index contributed by atoms with van der Waals surface area (Å²) in [6, 6.07) is 12.3. The lowest BCUT2D eigenvalue weighted by molar-refractivity contribution is -0.116. The van der Waals surface area contributed by atoms with Crippen LogP contribution in [0.5, 0.6) is 5.75 Å². The van der Waals surface area contributed by atoms with Crippen molar-refractivity contribution in [2.75, 3.05) is 42.8 Å². The summed E-state index contributed by atoms with van der Waals surface area (Å²) in [5, 5.41) is 8.96. The van der Waals surface area contributed by atoms with Gasteiger partial charge < -0.3 is 25.4 Å². The van der Waals surface area contributed by atoms with Gasteiger partial charge in [0, 0.05) is 31.0 Å². The van der Waals surface area contributed by atoms with E-state index in [4.69, 9.17) is 21.1 Å². The second-order valence-corrected chi connectivity index (χ2v) is 6.67. The van der Waals surface area contributed by atoms with Crippen LogP contribution >= 0.6 is 11.6 Å². The summed E-state index contributed by atoms with van der Waals surface area (Å²) in [7, 11) is 1.61. The molecule has 0 spiro atoms. The number of methoxy groups -OCH3 is 1. The fourth-order valence-corrected chi connectivity index (χ4v) is 2.63. The summed E-state index contributed by atoms with van der Waals surface area (Å²) in [6.07, 6.45) is 1.19. The summed E-state index contributed by atoms with van der Waals surface area (Å²) in [4.78, 5) is 24.0. The summed E-state index contributed by atoms with van der Waals surface area (Å²) in [5.41, 5.74) is 1.77. The molecule has 0 heterocycles. The SMILES string of the molecule is CCCC(=O)Nc1ccc(Cl)c(NC(=O)CNc2cccc(OCCOC)c2)c1. The van der Waals surface area contributed by atoms with E-state index in [2.05, 4.69) is 16.0 Å². The Hall–Kier alpha value is -2.77. The highest BCUT2D eigenvalue weighted by Gasteiger charge is 2.09. The molecule has 29 heavy (non-hydrogen) atoms. The van der Waals surface area contributed by atoms with E-state index in [-0.39, 0.29) is 18.4 Å². The van der Waals surface area contributed by atoms with Crippen molar-refractivity contribution >= 4 is 40.5 Å². The van der Waals surface area contributed by atoms with Crippen molar-refractivity contribution in [2.45, 2.75) is 19.8 Å². The lowest BCUT2D eigenvalue weighted by Gasteiger charge is -2.12. The van der Waals surface area contributed by atoms with Gasteiger partial charge in [-0.05, 0) is 36.8 Å². The number of nitrogens with one attached hydrogen (secondary N) is 3. The summed E-state index contributed by atoms with van der Waals surface area (Å²) >= 11 is 6.16. The van der Waals surface area contributed by atoms with Crippen LogP contribution < -0.4 is 20.7 Å². The van der Waals surface area contributed by atoms with Crippen LogP contribution in [0, 0.1) is 0 Å². The number of carbonyl (C=O) groups excluding carboxylic acids is 2. The fourth-order valence-electron chi connectivity index (χ4n) is 2.46. The van der Waals surface area contributed by atoms with Gasteiger partial charge >= 0.3 is 0 Å². The molecule has 3 N–H and O–H groups in total. The number of hydrogen-bond acceptors (Lipinski definition) is 5. The molecule has 0 saturated heterocycles. The molecule has 0 bridgehead atoms. The predicted molar refractivity (Wildman–Crippen MR) is 116 cm³/mol. The number of anilines is 3. The molecular weight excluding hydrogens is 394 g/mol. The molecule has 0 unspecified atom stereocenters. The molecule has 2 aromatic rings. The first-order valence-corrected chi connectivity index (χ1v) is 9.74. The highest BCUT2D eigenvalue weighted by molar-refractivity contribution is 6.33. The van der Waals surface area contributed by atoms with Crippen molar-refractivity contribution < 1.29 is 19.1 Å². The van der Waals surface area contributed by atoms with Gasteiger partial charge in [-0.15, -0.1) is 0 Å². The first kappa shape index (κ1) is 22.5. The zero-order valence-electron chi connectivity index (χ0n) is 16.6. The molecule has 0 saturated carbocycles. The summed E-state index contributed by atoms with van der Waals surface area (Å²) < 4.78 is 10.5. The molecular formula is C21H26ClN3O4. The van der Waals surface area contributed by atoms with Crippen LogP contribution in [-0.4, -0.2) is 38.7 Å². The van der Waals surface area contributed by atoms with E-state index in [0.717, 1.165) is 12.1 Å². The van der Waals surface area contributed by atoms with Crippen LogP contribution in [0.1, 0.15) is 19.8 Å². The average molecular weight is 420 g/mol. The van der Waals surface area contributed by atoms with E-state index in [0.29, 0.717) is 41.8 Å². The predicted octanol–water partition coefficient (Wildman–Crippen LogP) is 4.15. The zero-order valence-corrected chi connectivity index (χ0v) is 17.3. The van der Waals surface area contributed by atoms with Gasteiger partial charge in [-0.25, -0.2) is 0 Å². The molecule has 156 valence electrons. The van der Waals surface area contributed by atoms with E-state index in [1.807, 2.05) is 25.1 Å². The van der Waals surface area contributed by atoms with Gasteiger partial charge in [-0.2, -0.15) is 0 Å². The molecule has 0 aliphatic carbocycles. The molecule has 2 amide bonds. The minimum absolute atomic E-state index is 0.0459. The first-order valence-electron chi connectivity index (χ1n) is 9.36. The number of ether oxygens (including phenoxy) is 2. The van der Waals surface area contributed by atoms with Crippen molar-refractivity contribution in [3.8, 4) is 5.75 Å². The molecule has 0 atom stereocenters. The Labute approximate surface area is 175 Å². The average Bonchev–Trinajstić information content (AvgIpc) is 2.70. The highest BCUT2D eigenvalue weighted by atomic mass is 35.5. The minimum atomic E-state index is -0.269. The van der Waals surface area contributed by atoms with E-state index in [1.165, 1.54) is 0 Å². The number of benzene rings is 2. The van der Waals surface area contributed by atoms with Gasteiger partial charge in [0.15, 0.2) is 0 Å². The smallest absolute Gasteiger partial charge is 0.243 e. The Kier molecular flexibility index (Phi) is 9.27. The number of rotatable bonds is 11. The standard InChI is InChI=1S/C21H26ClN3O4/c1-3-5-20(26)24-16-8-9-18(22)19(13-16)25-21(27)14-23-15-6-4-7-17(12-15)29-11-10-28-2/h4,6-9,12-13,23H,3,5,10-11,14H2,1-2H3,(H,24,26)(H,25,27). The molecule has 2 aromatic carbocycles. The van der Waals surface area contributed by atoms with Gasteiger partial charge in [0.25, 0.3) is 0 Å². The zero-order chi connectivity index (χ0) is 21.1. The number of amides is 2. The van der Waals surface area contributed by atoms with Gasteiger partial charge in [0.1, 0.15) is 12.4 Å². The molecule has 0 fully saturated rings. The Bertz CT molecular complexity index is 829. The van der Waals surface area contributed by atoms with E-state index >= 15 is 0 Å². The van der Waals surface area contributed by atoms with Crippen molar-refractivity contribution in [2.24, 2.45) is 0 Å². The number of carbonyl (C=O) groups is 2. The number of hydrogen-bond donors (Lipinski definition) is 3. The first-order chi connectivity index (χ1) is 14.0. The molecule has 7 nitrogen and oxygen atoms in total. The van der Waals surface area contributed by atoms with Crippen LogP contribution in [0.15, 0.2) is 42.5 Å². The molecule has 0 aliphatic heterocycles. The normalized spacial score (nSPS) is 10.3. The fraction of sp³-hybridized carbons (Fsp3) is 0.333. The van der Waals surface area contributed by atoms with E-state index in [1.54, 1.807) is 31.4 Å². The van der Waals surface area contributed by atoms with Crippen molar-refractivity contribution in [3.63, 3.8) is 0 Å². The minimum Gasteiger partial charge on any atom is -0.491 e. The van der Waals surface area contributed by atoms with Gasteiger partial charge in [-0.3, -0.25) is 9.59 Å². The van der Waals surface area contributed by atoms with Crippen LogP contribution in [0.2, 0.25) is 5.02 Å². The van der Waals surface area contributed by atoms with Crippen LogP contribution in [0.3, 0.4) is 0 Å². The van der Waals surface area contributed by atoms with Crippen LogP contribution in [0.25, 0.3) is 0 Å². The van der Waals surface area contributed by atoms with E-state index in [9.17, 15) is 9.59 Å². The van der Waals surface area contributed by atoms with Crippen molar-refractivity contribution in [3.05, 3.63) is 47.5 Å². The third-order valence-corrected chi connectivity index (χ3v) is 4.17.